The summed E-state index contributed by atoms with van der Waals surface area (Å²) >= 11 is 0. The first-order valence-corrected chi connectivity index (χ1v) is 11.7. The van der Waals surface area contributed by atoms with Crippen LogP contribution in [0.3, 0.4) is 0 Å². The van der Waals surface area contributed by atoms with Crippen molar-refractivity contribution < 1.29 is 9.59 Å². The number of carbonyl (C=O) groups excluding carboxylic acids is 2. The largest absolute Gasteiger partial charge is 0.338 e. The zero-order valence-electron chi connectivity index (χ0n) is 19.1. The van der Waals surface area contributed by atoms with E-state index in [1.54, 1.807) is 23.1 Å². The van der Waals surface area contributed by atoms with Crippen molar-refractivity contribution in [2.75, 3.05) is 19.6 Å². The van der Waals surface area contributed by atoms with Crippen LogP contribution in [-0.4, -0.2) is 61.6 Å². The SMILES string of the molecule is O=C(c1ccc2n[nH]nc2c1)N1C=C2CN(C(=O)CCc3ccc(-c4ccccc4)cn3)C[C@@H]2C1. The van der Waals surface area contributed by atoms with E-state index in [-0.39, 0.29) is 17.7 Å². The average Bonchev–Trinajstić information content (AvgIpc) is 3.62. The van der Waals surface area contributed by atoms with Gasteiger partial charge >= 0.3 is 0 Å². The summed E-state index contributed by atoms with van der Waals surface area (Å²) in [4.78, 5) is 34.0. The van der Waals surface area contributed by atoms with E-state index in [1.165, 1.54) is 0 Å². The van der Waals surface area contributed by atoms with Crippen molar-refractivity contribution in [2.45, 2.75) is 12.8 Å². The molecule has 2 amide bonds. The Morgan fingerprint density at radius 1 is 0.943 bits per heavy atom. The molecule has 0 unspecified atom stereocenters. The standard InChI is InChI=1S/C27H24N6O2/c34-26(11-9-23-8-6-20(13-28-23)18-4-2-1-3-5-18)32-14-21-16-33(17-22(21)15-32)27(35)19-7-10-24-25(12-19)30-31-29-24/h1-8,10,12-13,16,22H,9,11,14-15,17H2,(H,29,30,31)/t22-/m1/s1. The van der Waals surface area contributed by atoms with Gasteiger partial charge in [0.2, 0.25) is 5.91 Å². The minimum atomic E-state index is -0.0558. The number of aromatic amines is 1. The second kappa shape index (κ2) is 8.79. The number of hydrogen-bond acceptors (Lipinski definition) is 5. The van der Waals surface area contributed by atoms with Crippen LogP contribution in [0.1, 0.15) is 22.5 Å². The highest BCUT2D eigenvalue weighted by molar-refractivity contribution is 5.98. The maximum atomic E-state index is 13.0. The Kier molecular flexibility index (Phi) is 5.33. The van der Waals surface area contributed by atoms with Crippen LogP contribution in [0, 0.1) is 5.92 Å². The Labute approximate surface area is 202 Å². The number of rotatable bonds is 5. The van der Waals surface area contributed by atoms with Gasteiger partial charge in [0, 0.05) is 61.2 Å². The first kappa shape index (κ1) is 21.2. The van der Waals surface area contributed by atoms with Gasteiger partial charge in [0.25, 0.3) is 5.91 Å². The maximum absolute atomic E-state index is 13.0. The van der Waals surface area contributed by atoms with E-state index in [0.29, 0.717) is 43.6 Å². The topological polar surface area (TPSA) is 95.1 Å². The molecule has 1 N–H and O–H groups in total. The van der Waals surface area contributed by atoms with Gasteiger partial charge in [-0.3, -0.25) is 14.6 Å². The van der Waals surface area contributed by atoms with Gasteiger partial charge in [-0.25, -0.2) is 0 Å². The molecule has 0 aliphatic carbocycles. The molecule has 0 spiro atoms. The fourth-order valence-corrected chi connectivity index (χ4v) is 4.85. The number of amides is 2. The molecule has 4 aromatic rings. The van der Waals surface area contributed by atoms with Gasteiger partial charge < -0.3 is 9.80 Å². The van der Waals surface area contributed by atoms with E-state index in [1.807, 2.05) is 41.6 Å². The predicted octanol–water partition coefficient (Wildman–Crippen LogP) is 3.45. The van der Waals surface area contributed by atoms with Gasteiger partial charge in [-0.2, -0.15) is 15.4 Å². The van der Waals surface area contributed by atoms with E-state index in [2.05, 4.69) is 38.6 Å². The molecule has 174 valence electrons. The number of pyridine rings is 1. The Balaban J connectivity index is 1.04. The number of carbonyl (C=O) groups is 2. The van der Waals surface area contributed by atoms with Crippen molar-refractivity contribution in [3.63, 3.8) is 0 Å². The number of hydrogen-bond donors (Lipinski definition) is 1. The number of likely N-dealkylation sites (tertiary alicyclic amines) is 1. The molecule has 0 bridgehead atoms. The molecule has 2 aliphatic rings. The number of nitrogens with one attached hydrogen (secondary N) is 1. The van der Waals surface area contributed by atoms with Gasteiger partial charge in [-0.05, 0) is 41.8 Å². The van der Waals surface area contributed by atoms with Gasteiger partial charge in [0.15, 0.2) is 0 Å². The Morgan fingerprint density at radius 3 is 2.60 bits per heavy atom. The van der Waals surface area contributed by atoms with Crippen LogP contribution in [0.5, 0.6) is 0 Å². The number of H-pyrrole nitrogens is 1. The summed E-state index contributed by atoms with van der Waals surface area (Å²) in [5.41, 5.74) is 6.24. The summed E-state index contributed by atoms with van der Waals surface area (Å²) in [7, 11) is 0. The minimum Gasteiger partial charge on any atom is -0.338 e. The van der Waals surface area contributed by atoms with Gasteiger partial charge in [-0.15, -0.1) is 0 Å². The normalized spacial score (nSPS) is 17.0. The minimum absolute atomic E-state index is 0.0558. The molecular formula is C27H24N6O2. The molecule has 1 saturated heterocycles. The van der Waals surface area contributed by atoms with Crippen LogP contribution in [0.2, 0.25) is 0 Å². The summed E-state index contributed by atoms with van der Waals surface area (Å²) in [6.45, 7) is 1.82. The van der Waals surface area contributed by atoms with Crippen molar-refractivity contribution in [1.29, 1.82) is 0 Å². The lowest BCUT2D eigenvalue weighted by molar-refractivity contribution is -0.130. The van der Waals surface area contributed by atoms with Gasteiger partial charge in [0.05, 0.1) is 0 Å². The second-order valence-electron chi connectivity index (χ2n) is 9.06. The predicted molar refractivity (Wildman–Crippen MR) is 131 cm³/mol. The van der Waals surface area contributed by atoms with Crippen molar-refractivity contribution in [2.24, 2.45) is 5.92 Å². The fraction of sp³-hybridized carbons (Fsp3) is 0.222. The third-order valence-electron chi connectivity index (χ3n) is 6.78. The summed E-state index contributed by atoms with van der Waals surface area (Å²) in [5, 5.41) is 10.7. The molecule has 2 aromatic carbocycles. The molecule has 2 aromatic heterocycles. The monoisotopic (exact) mass is 464 g/mol. The molecule has 35 heavy (non-hydrogen) atoms. The first-order chi connectivity index (χ1) is 17.1. The molecule has 1 fully saturated rings. The Hall–Kier alpha value is -4.33. The van der Waals surface area contributed by atoms with Crippen molar-refractivity contribution in [1.82, 2.24) is 30.2 Å². The van der Waals surface area contributed by atoms with Gasteiger partial charge in [-0.1, -0.05) is 36.4 Å². The van der Waals surface area contributed by atoms with Crippen molar-refractivity contribution >= 4 is 22.8 Å². The van der Waals surface area contributed by atoms with Crippen LogP contribution in [-0.2, 0) is 11.2 Å². The van der Waals surface area contributed by atoms with Crippen LogP contribution in [0.15, 0.2) is 78.6 Å². The lowest BCUT2D eigenvalue weighted by Gasteiger charge is -2.20. The lowest BCUT2D eigenvalue weighted by atomic mass is 10.1. The van der Waals surface area contributed by atoms with Crippen LogP contribution in [0.4, 0.5) is 0 Å². The molecule has 0 radical (unpaired) electrons. The number of fused-ring (bicyclic) bond motifs is 2. The third kappa shape index (κ3) is 4.19. The molecule has 8 heteroatoms. The maximum Gasteiger partial charge on any atom is 0.257 e. The molecule has 2 aliphatic heterocycles. The Bertz CT molecular complexity index is 1430. The van der Waals surface area contributed by atoms with Gasteiger partial charge in [0.1, 0.15) is 11.0 Å². The molecule has 4 heterocycles. The Morgan fingerprint density at radius 2 is 1.80 bits per heavy atom. The van der Waals surface area contributed by atoms with Crippen LogP contribution >= 0.6 is 0 Å². The van der Waals surface area contributed by atoms with E-state index >= 15 is 0 Å². The zero-order chi connectivity index (χ0) is 23.8. The zero-order valence-corrected chi connectivity index (χ0v) is 19.1. The molecule has 8 nitrogen and oxygen atoms in total. The van der Waals surface area contributed by atoms with Crippen molar-refractivity contribution in [3.05, 3.63) is 89.9 Å². The molecule has 6 rings (SSSR count). The molecule has 0 saturated carbocycles. The number of aromatic nitrogens is 4. The molecular weight excluding hydrogens is 440 g/mol. The highest BCUT2D eigenvalue weighted by Crippen LogP contribution is 2.31. The van der Waals surface area contributed by atoms with E-state index in [9.17, 15) is 9.59 Å². The second-order valence-corrected chi connectivity index (χ2v) is 9.06. The van der Waals surface area contributed by atoms with Crippen molar-refractivity contribution in [3.8, 4) is 11.1 Å². The van der Waals surface area contributed by atoms with E-state index in [4.69, 9.17) is 0 Å². The third-order valence-corrected chi connectivity index (χ3v) is 6.78. The van der Waals surface area contributed by atoms with Crippen LogP contribution in [0.25, 0.3) is 22.2 Å². The summed E-state index contributed by atoms with van der Waals surface area (Å²) in [6, 6.07) is 19.5. The smallest absolute Gasteiger partial charge is 0.257 e. The number of benzene rings is 2. The highest BCUT2D eigenvalue weighted by Gasteiger charge is 2.37. The summed E-state index contributed by atoms with van der Waals surface area (Å²) in [5.74, 6) is 0.269. The van der Waals surface area contributed by atoms with Crippen LogP contribution < -0.4 is 0 Å². The molecule has 1 atom stereocenters. The summed E-state index contributed by atoms with van der Waals surface area (Å²) < 4.78 is 0. The number of aryl methyl sites for hydroxylation is 1. The highest BCUT2D eigenvalue weighted by atomic mass is 16.2. The van der Waals surface area contributed by atoms with E-state index < -0.39 is 0 Å². The first-order valence-electron chi connectivity index (χ1n) is 11.7. The lowest BCUT2D eigenvalue weighted by Crippen LogP contribution is -2.33. The quantitative estimate of drug-likeness (QED) is 0.488. The van der Waals surface area contributed by atoms with E-state index in [0.717, 1.165) is 27.9 Å². The summed E-state index contributed by atoms with van der Waals surface area (Å²) in [6.07, 6.45) is 4.82. The average molecular weight is 465 g/mol. The fourth-order valence-electron chi connectivity index (χ4n) is 4.85. The number of nitrogens with zero attached hydrogens (tertiary/aromatic N) is 5.